The molecule has 0 saturated carbocycles. The van der Waals surface area contributed by atoms with Crippen molar-refractivity contribution in [2.24, 2.45) is 0 Å². The van der Waals surface area contributed by atoms with Gasteiger partial charge in [-0.2, -0.15) is 0 Å². The number of hydrogen-bond acceptors (Lipinski definition) is 5. The number of para-hydroxylation sites is 2. The van der Waals surface area contributed by atoms with Crippen LogP contribution < -0.4 is 14.4 Å². The van der Waals surface area contributed by atoms with E-state index in [9.17, 15) is 18.0 Å². The summed E-state index contributed by atoms with van der Waals surface area (Å²) in [5.41, 5.74) is 1.93. The average Bonchev–Trinajstić information content (AvgIpc) is 3.06. The first-order chi connectivity index (χ1) is 21.7. The topological polar surface area (TPSA) is 96.0 Å². The van der Waals surface area contributed by atoms with Gasteiger partial charge in [0.2, 0.25) is 11.8 Å². The minimum Gasteiger partial charge on any atom is -0.492 e. The summed E-state index contributed by atoms with van der Waals surface area (Å²) < 4.78 is 35.3. The number of hydrogen-bond donors (Lipinski definition) is 1. The smallest absolute Gasteiger partial charge is 0.264 e. The van der Waals surface area contributed by atoms with E-state index in [1.807, 2.05) is 81.4 Å². The van der Waals surface area contributed by atoms with Crippen LogP contribution in [0.4, 0.5) is 5.69 Å². The summed E-state index contributed by atoms with van der Waals surface area (Å²) in [7, 11) is -4.22. The molecule has 4 rings (SSSR count). The molecule has 8 nitrogen and oxygen atoms in total. The van der Waals surface area contributed by atoms with Gasteiger partial charge in [-0.05, 0) is 55.7 Å². The molecule has 0 spiro atoms. The van der Waals surface area contributed by atoms with Crippen LogP contribution in [-0.4, -0.2) is 50.4 Å². The number of anilines is 1. The highest BCUT2D eigenvalue weighted by Gasteiger charge is 2.35. The van der Waals surface area contributed by atoms with Crippen LogP contribution in [0.15, 0.2) is 120 Å². The number of carbonyl (C=O) groups excluding carboxylic acids is 2. The third-order valence-electron chi connectivity index (χ3n) is 7.51. The Morgan fingerprint density at radius 1 is 0.778 bits per heavy atom. The van der Waals surface area contributed by atoms with Crippen molar-refractivity contribution >= 4 is 27.5 Å². The molecule has 1 N–H and O–H groups in total. The third-order valence-corrected chi connectivity index (χ3v) is 9.29. The summed E-state index contributed by atoms with van der Waals surface area (Å²) in [5.74, 6) is -0.494. The van der Waals surface area contributed by atoms with Crippen LogP contribution in [0.5, 0.6) is 5.75 Å². The van der Waals surface area contributed by atoms with Gasteiger partial charge < -0.3 is 15.0 Å². The van der Waals surface area contributed by atoms with Gasteiger partial charge in [0, 0.05) is 19.0 Å². The lowest BCUT2D eigenvalue weighted by atomic mass is 10.0. The predicted octanol–water partition coefficient (Wildman–Crippen LogP) is 5.84. The first kappa shape index (κ1) is 33.3. The molecule has 0 radical (unpaired) electrons. The number of nitrogens with zero attached hydrogens (tertiary/aromatic N) is 2. The second-order valence-corrected chi connectivity index (χ2v) is 12.6. The number of nitrogens with one attached hydrogen (secondary N) is 1. The second kappa shape index (κ2) is 15.9. The Labute approximate surface area is 266 Å². The molecule has 0 aliphatic heterocycles. The monoisotopic (exact) mass is 627 g/mol. The molecule has 0 aliphatic carbocycles. The number of benzene rings is 4. The number of ether oxygens (including phenoxy) is 1. The van der Waals surface area contributed by atoms with Gasteiger partial charge in [0.05, 0.1) is 17.2 Å². The van der Waals surface area contributed by atoms with Crippen LogP contribution in [0.3, 0.4) is 0 Å². The average molecular weight is 628 g/mol. The predicted molar refractivity (Wildman–Crippen MR) is 177 cm³/mol. The van der Waals surface area contributed by atoms with Gasteiger partial charge in [-0.25, -0.2) is 8.42 Å². The molecule has 0 heterocycles. The van der Waals surface area contributed by atoms with Crippen molar-refractivity contribution in [1.29, 1.82) is 0 Å². The van der Waals surface area contributed by atoms with E-state index in [1.165, 1.54) is 17.0 Å². The van der Waals surface area contributed by atoms with E-state index in [0.29, 0.717) is 18.8 Å². The highest BCUT2D eigenvalue weighted by Crippen LogP contribution is 2.33. The molecule has 4 aromatic rings. The standard InChI is InChI=1S/C36H41N3O5S/c1-4-28(3)37-36(41)33(25-29-17-9-6-10-18-29)38(26-30-19-11-7-12-20-30)35(40)27-39(32-23-15-16-24-34(32)44-5-2)45(42,43)31-21-13-8-14-22-31/h6-24,28,33H,4-5,25-27H2,1-3H3,(H,37,41). The summed E-state index contributed by atoms with van der Waals surface area (Å²) >= 11 is 0. The van der Waals surface area contributed by atoms with Crippen LogP contribution in [-0.2, 0) is 32.6 Å². The second-order valence-electron chi connectivity index (χ2n) is 10.8. The molecule has 0 fully saturated rings. The Morgan fingerprint density at radius 3 is 1.93 bits per heavy atom. The van der Waals surface area contributed by atoms with Crippen LogP contribution in [0.2, 0.25) is 0 Å². The van der Waals surface area contributed by atoms with Crippen LogP contribution >= 0.6 is 0 Å². The SMILES string of the molecule is CCOc1ccccc1N(CC(=O)N(Cc1ccccc1)C(Cc1ccccc1)C(=O)NC(C)CC)S(=O)(=O)c1ccccc1. The maximum absolute atomic E-state index is 14.6. The maximum atomic E-state index is 14.6. The highest BCUT2D eigenvalue weighted by atomic mass is 32.2. The molecule has 4 aromatic carbocycles. The van der Waals surface area contributed by atoms with Gasteiger partial charge in [-0.1, -0.05) is 97.9 Å². The third kappa shape index (κ3) is 8.73. The van der Waals surface area contributed by atoms with E-state index in [4.69, 9.17) is 4.74 Å². The minimum atomic E-state index is -4.22. The van der Waals surface area contributed by atoms with E-state index in [2.05, 4.69) is 5.32 Å². The molecule has 0 aromatic heterocycles. The normalized spacial score (nSPS) is 12.5. The zero-order valence-corrected chi connectivity index (χ0v) is 26.8. The molecule has 45 heavy (non-hydrogen) atoms. The van der Waals surface area contributed by atoms with Crippen molar-refractivity contribution in [1.82, 2.24) is 10.2 Å². The van der Waals surface area contributed by atoms with Crippen LogP contribution in [0.25, 0.3) is 0 Å². The number of amides is 2. The van der Waals surface area contributed by atoms with Crippen molar-refractivity contribution < 1.29 is 22.7 Å². The summed E-state index contributed by atoms with van der Waals surface area (Å²) in [5, 5.41) is 3.05. The van der Waals surface area contributed by atoms with Crippen molar-refractivity contribution in [3.8, 4) is 5.75 Å². The molecule has 9 heteroatoms. The summed E-state index contributed by atoms with van der Waals surface area (Å²) in [6, 6.07) is 32.6. The first-order valence-corrected chi connectivity index (χ1v) is 16.7. The number of sulfonamides is 1. The van der Waals surface area contributed by atoms with E-state index in [1.54, 1.807) is 42.5 Å². The Hall–Kier alpha value is -4.63. The van der Waals surface area contributed by atoms with E-state index >= 15 is 0 Å². The van der Waals surface area contributed by atoms with Crippen molar-refractivity contribution in [2.75, 3.05) is 17.5 Å². The van der Waals surface area contributed by atoms with Gasteiger partial charge in [0.15, 0.2) is 0 Å². The van der Waals surface area contributed by atoms with Gasteiger partial charge in [0.1, 0.15) is 18.3 Å². The molecule has 2 unspecified atom stereocenters. The molecule has 236 valence electrons. The Balaban J connectivity index is 1.82. The molecular weight excluding hydrogens is 586 g/mol. The Morgan fingerprint density at radius 2 is 1.33 bits per heavy atom. The lowest BCUT2D eigenvalue weighted by Gasteiger charge is -2.34. The van der Waals surface area contributed by atoms with Gasteiger partial charge in [0.25, 0.3) is 10.0 Å². The quantitative estimate of drug-likeness (QED) is 0.179. The van der Waals surface area contributed by atoms with Crippen molar-refractivity contribution in [3.63, 3.8) is 0 Å². The van der Waals surface area contributed by atoms with Crippen LogP contribution in [0.1, 0.15) is 38.3 Å². The fourth-order valence-electron chi connectivity index (χ4n) is 4.95. The summed E-state index contributed by atoms with van der Waals surface area (Å²) in [6.45, 7) is 5.57. The fraction of sp³-hybridized carbons (Fsp3) is 0.278. The van der Waals surface area contributed by atoms with E-state index in [-0.39, 0.29) is 35.5 Å². The summed E-state index contributed by atoms with van der Waals surface area (Å²) in [4.78, 5) is 30.0. The van der Waals surface area contributed by atoms with Crippen LogP contribution in [0, 0.1) is 0 Å². The first-order valence-electron chi connectivity index (χ1n) is 15.2. The molecule has 0 aliphatic rings. The molecule has 2 atom stereocenters. The lowest BCUT2D eigenvalue weighted by Crippen LogP contribution is -2.54. The van der Waals surface area contributed by atoms with Gasteiger partial charge >= 0.3 is 0 Å². The minimum absolute atomic E-state index is 0.0362. The zero-order chi connectivity index (χ0) is 32.2. The fourth-order valence-corrected chi connectivity index (χ4v) is 6.39. The van der Waals surface area contributed by atoms with Crippen molar-refractivity contribution in [2.45, 2.75) is 57.1 Å². The molecule has 0 saturated heterocycles. The highest BCUT2D eigenvalue weighted by molar-refractivity contribution is 7.92. The van der Waals surface area contributed by atoms with Crippen molar-refractivity contribution in [3.05, 3.63) is 126 Å². The molecular formula is C36H41N3O5S. The Bertz CT molecular complexity index is 1630. The maximum Gasteiger partial charge on any atom is 0.264 e. The number of carbonyl (C=O) groups is 2. The lowest BCUT2D eigenvalue weighted by molar-refractivity contribution is -0.140. The van der Waals surface area contributed by atoms with Gasteiger partial charge in [-0.3, -0.25) is 13.9 Å². The molecule has 0 bridgehead atoms. The van der Waals surface area contributed by atoms with E-state index in [0.717, 1.165) is 15.4 Å². The van der Waals surface area contributed by atoms with Gasteiger partial charge in [-0.15, -0.1) is 0 Å². The Kier molecular flexibility index (Phi) is 11.8. The van der Waals surface area contributed by atoms with E-state index < -0.39 is 28.5 Å². The molecule has 2 amide bonds. The largest absolute Gasteiger partial charge is 0.492 e. The summed E-state index contributed by atoms with van der Waals surface area (Å²) in [6.07, 6.45) is 0.969. The number of rotatable bonds is 15. The zero-order valence-electron chi connectivity index (χ0n) is 26.0.